The minimum Gasteiger partial charge on any atom is -0.473 e. The topological polar surface area (TPSA) is 195 Å². The molecule has 38 heavy (non-hydrogen) atoms. The zero-order chi connectivity index (χ0) is 27.6. The van der Waals surface area contributed by atoms with E-state index in [0.29, 0.717) is 18.0 Å². The molecule has 14 heteroatoms. The van der Waals surface area contributed by atoms with Gasteiger partial charge in [-0.05, 0) is 41.9 Å². The first-order valence-corrected chi connectivity index (χ1v) is 12.7. The number of halogens is 2. The van der Waals surface area contributed by atoms with E-state index < -0.39 is 17.9 Å². The molecule has 0 amide bonds. The fraction of sp³-hybridized carbons (Fsp3) is 0.292. The number of fused-ring (bicyclic) bond motifs is 1. The highest BCUT2D eigenvalue weighted by Gasteiger charge is 2.46. The third kappa shape index (κ3) is 5.44. The van der Waals surface area contributed by atoms with Crippen molar-refractivity contribution < 1.29 is 24.2 Å². The van der Waals surface area contributed by atoms with Gasteiger partial charge in [0.25, 0.3) is 5.95 Å². The predicted molar refractivity (Wildman–Crippen MR) is 140 cm³/mol. The molecule has 0 radical (unpaired) electrons. The summed E-state index contributed by atoms with van der Waals surface area (Å²) in [5, 5.41) is 15.3. The van der Waals surface area contributed by atoms with Gasteiger partial charge >= 0.3 is 11.9 Å². The van der Waals surface area contributed by atoms with Gasteiger partial charge in [0.05, 0.1) is 5.02 Å². The number of carboxylic acid groups (broad SMARTS) is 2. The first kappa shape index (κ1) is 27.4. The highest BCUT2D eigenvalue weighted by Crippen LogP contribution is 2.51. The molecule has 200 valence electrons. The van der Waals surface area contributed by atoms with Gasteiger partial charge < -0.3 is 32.3 Å². The maximum atomic E-state index is 15.0. The third-order valence-electron chi connectivity index (χ3n) is 6.75. The largest absolute Gasteiger partial charge is 0.473 e. The molecule has 3 heterocycles. The van der Waals surface area contributed by atoms with Crippen molar-refractivity contribution in [1.29, 1.82) is 0 Å². The number of pyridine rings is 1. The van der Waals surface area contributed by atoms with Gasteiger partial charge in [0.2, 0.25) is 0 Å². The van der Waals surface area contributed by atoms with Crippen LogP contribution in [0.25, 0.3) is 0 Å². The second kappa shape index (κ2) is 11.0. The van der Waals surface area contributed by atoms with E-state index >= 15 is 0 Å². The lowest BCUT2D eigenvalue weighted by molar-refractivity contribution is -0.159. The van der Waals surface area contributed by atoms with Crippen LogP contribution in [0.3, 0.4) is 0 Å². The SMILES string of the molecule is Nc1nc(N2CCC3(CC2)Cc2ccccc2C3N)c(F)nc1Sc1ccnc(N)c1Cl.O=C(O)C(=O)O. The second-order valence-corrected chi connectivity index (χ2v) is 10.4. The summed E-state index contributed by atoms with van der Waals surface area (Å²) >= 11 is 7.29. The lowest BCUT2D eigenvalue weighted by Crippen LogP contribution is -2.45. The van der Waals surface area contributed by atoms with Crippen LogP contribution < -0.4 is 22.1 Å². The summed E-state index contributed by atoms with van der Waals surface area (Å²) in [6.45, 7) is 1.29. The Hall–Kier alpha value is -3.68. The van der Waals surface area contributed by atoms with Gasteiger partial charge in [0.15, 0.2) is 11.6 Å². The molecule has 1 saturated heterocycles. The Morgan fingerprint density at radius 3 is 2.37 bits per heavy atom. The van der Waals surface area contributed by atoms with Gasteiger partial charge in [0, 0.05) is 30.2 Å². The number of carboxylic acids is 2. The Labute approximate surface area is 226 Å². The first-order valence-electron chi connectivity index (χ1n) is 11.5. The summed E-state index contributed by atoms with van der Waals surface area (Å²) in [7, 11) is 0. The van der Waals surface area contributed by atoms with Crippen LogP contribution in [0, 0.1) is 11.4 Å². The zero-order valence-corrected chi connectivity index (χ0v) is 21.5. The molecule has 1 fully saturated rings. The number of nitrogen functional groups attached to an aromatic ring is 2. The molecular weight excluding hydrogens is 537 g/mol. The van der Waals surface area contributed by atoms with Crippen LogP contribution in [0.1, 0.15) is 30.0 Å². The molecule has 1 unspecified atom stereocenters. The number of hydrogen-bond donors (Lipinski definition) is 5. The van der Waals surface area contributed by atoms with Crippen molar-refractivity contribution in [2.24, 2.45) is 11.1 Å². The van der Waals surface area contributed by atoms with Crippen molar-refractivity contribution in [3.8, 4) is 0 Å². The molecule has 11 nitrogen and oxygen atoms in total. The Morgan fingerprint density at radius 1 is 1.08 bits per heavy atom. The van der Waals surface area contributed by atoms with E-state index in [9.17, 15) is 4.39 Å². The average molecular weight is 562 g/mol. The number of nitrogens with two attached hydrogens (primary N) is 3. The van der Waals surface area contributed by atoms with Crippen LogP contribution in [0.15, 0.2) is 46.5 Å². The maximum Gasteiger partial charge on any atom is 0.414 e. The summed E-state index contributed by atoms with van der Waals surface area (Å²) in [5.41, 5.74) is 21.1. The molecule has 1 atom stereocenters. The Balaban J connectivity index is 0.000000505. The summed E-state index contributed by atoms with van der Waals surface area (Å²) in [4.78, 5) is 33.0. The molecular formula is C24H25ClFN7O4S. The van der Waals surface area contributed by atoms with Crippen molar-refractivity contribution in [2.45, 2.75) is 35.2 Å². The Morgan fingerprint density at radius 2 is 1.74 bits per heavy atom. The lowest BCUT2D eigenvalue weighted by atomic mass is 9.73. The number of piperidine rings is 1. The fourth-order valence-corrected chi connectivity index (χ4v) is 5.81. The van der Waals surface area contributed by atoms with E-state index in [4.69, 9.17) is 48.6 Å². The molecule has 1 aliphatic heterocycles. The van der Waals surface area contributed by atoms with Crippen LogP contribution in [0.4, 0.5) is 21.8 Å². The Bertz CT molecular complexity index is 1380. The van der Waals surface area contributed by atoms with Gasteiger partial charge in [-0.3, -0.25) is 0 Å². The number of benzene rings is 1. The lowest BCUT2D eigenvalue weighted by Gasteiger charge is -2.42. The van der Waals surface area contributed by atoms with E-state index in [-0.39, 0.29) is 39.0 Å². The molecule has 1 aliphatic carbocycles. The predicted octanol–water partition coefficient (Wildman–Crippen LogP) is 2.98. The number of hydrogen-bond acceptors (Lipinski definition) is 10. The van der Waals surface area contributed by atoms with Gasteiger partial charge in [0.1, 0.15) is 10.8 Å². The third-order valence-corrected chi connectivity index (χ3v) is 8.31. The van der Waals surface area contributed by atoms with E-state index in [0.717, 1.165) is 31.0 Å². The van der Waals surface area contributed by atoms with Crippen LogP contribution >= 0.6 is 23.4 Å². The minimum absolute atomic E-state index is 0.00169. The van der Waals surface area contributed by atoms with Gasteiger partial charge in [-0.25, -0.2) is 24.5 Å². The van der Waals surface area contributed by atoms with Crippen LogP contribution in [-0.4, -0.2) is 50.2 Å². The Kier molecular flexibility index (Phi) is 7.90. The molecule has 8 N–H and O–H groups in total. The van der Waals surface area contributed by atoms with E-state index in [1.54, 1.807) is 6.07 Å². The van der Waals surface area contributed by atoms with Gasteiger partial charge in [-0.15, -0.1) is 0 Å². The number of anilines is 3. The standard InChI is InChI=1S/C22H23ClFN7S.C2H2O4/c23-15-14(5-8-28-18(15)26)32-21-19(27)30-20(17(24)29-21)31-9-6-22(7-10-31)11-12-3-1-2-4-13(12)16(22)25;3-1(4)2(5)6/h1-5,8,16H,6-7,9-11,25H2,(H2,26,28)(H2,27,30);(H,3,4)(H,5,6). The van der Waals surface area contributed by atoms with Crippen molar-refractivity contribution in [2.75, 3.05) is 29.5 Å². The molecule has 1 aromatic carbocycles. The fourth-order valence-electron chi connectivity index (χ4n) is 4.77. The average Bonchev–Trinajstić information content (AvgIpc) is 3.16. The molecule has 1 spiro atoms. The first-order chi connectivity index (χ1) is 18.0. The number of rotatable bonds is 3. The number of aromatic nitrogens is 3. The van der Waals surface area contributed by atoms with Crippen LogP contribution in [-0.2, 0) is 16.0 Å². The van der Waals surface area contributed by atoms with Gasteiger partial charge in [-0.1, -0.05) is 47.6 Å². The van der Waals surface area contributed by atoms with E-state index in [1.165, 1.54) is 17.3 Å². The molecule has 2 aliphatic rings. The van der Waals surface area contributed by atoms with Crippen molar-refractivity contribution in [3.63, 3.8) is 0 Å². The summed E-state index contributed by atoms with van der Waals surface area (Å²) in [6, 6.07) is 10.0. The van der Waals surface area contributed by atoms with E-state index in [1.807, 2.05) is 11.0 Å². The molecule has 3 aromatic rings. The summed E-state index contributed by atoms with van der Waals surface area (Å²) in [5.74, 6) is -3.80. The maximum absolute atomic E-state index is 15.0. The monoisotopic (exact) mass is 561 g/mol. The highest BCUT2D eigenvalue weighted by atomic mass is 35.5. The summed E-state index contributed by atoms with van der Waals surface area (Å²) < 4.78 is 15.0. The minimum atomic E-state index is -1.82. The second-order valence-electron chi connectivity index (χ2n) is 8.95. The molecule has 0 saturated carbocycles. The molecule has 5 rings (SSSR count). The smallest absolute Gasteiger partial charge is 0.414 e. The number of aliphatic carboxylic acids is 2. The molecule has 0 bridgehead atoms. The number of nitrogens with zero attached hydrogens (tertiary/aromatic N) is 4. The van der Waals surface area contributed by atoms with Crippen molar-refractivity contribution in [1.82, 2.24) is 15.0 Å². The van der Waals surface area contributed by atoms with Crippen LogP contribution in [0.5, 0.6) is 0 Å². The number of carbonyl (C=O) groups is 2. The quantitative estimate of drug-likeness (QED) is 0.294. The highest BCUT2D eigenvalue weighted by molar-refractivity contribution is 7.99. The zero-order valence-electron chi connectivity index (χ0n) is 20.0. The molecule has 2 aromatic heterocycles. The van der Waals surface area contributed by atoms with E-state index in [2.05, 4.69) is 33.2 Å². The van der Waals surface area contributed by atoms with Crippen molar-refractivity contribution >= 4 is 52.8 Å². The normalized spacial score (nSPS) is 17.4. The van der Waals surface area contributed by atoms with Gasteiger partial charge in [-0.2, -0.15) is 4.39 Å². The van der Waals surface area contributed by atoms with Crippen LogP contribution in [0.2, 0.25) is 5.02 Å². The van der Waals surface area contributed by atoms with Crippen molar-refractivity contribution in [3.05, 3.63) is 58.6 Å². The summed E-state index contributed by atoms with van der Waals surface area (Å²) in [6.07, 6.45) is 4.19.